The minimum atomic E-state index is -3.92. The van der Waals surface area contributed by atoms with E-state index in [1.54, 1.807) is 0 Å². The molecule has 0 radical (unpaired) electrons. The van der Waals surface area contributed by atoms with E-state index < -0.39 is 21.7 Å². The summed E-state index contributed by atoms with van der Waals surface area (Å²) in [5.41, 5.74) is 4.40. The normalized spacial score (nSPS) is 11.1. The lowest BCUT2D eigenvalue weighted by atomic mass is 10.1. The molecule has 2 amide bonds. The first-order valence-corrected chi connectivity index (χ1v) is 12.0. The van der Waals surface area contributed by atoms with Crippen molar-refractivity contribution < 1.29 is 22.4 Å². The van der Waals surface area contributed by atoms with Crippen LogP contribution in [0, 0.1) is 33.5 Å². The Bertz CT molecular complexity index is 1330. The van der Waals surface area contributed by atoms with Crippen LogP contribution in [0.25, 0.3) is 0 Å². The fourth-order valence-electron chi connectivity index (χ4n) is 3.51. The van der Waals surface area contributed by atoms with Crippen molar-refractivity contribution in [2.75, 3.05) is 16.6 Å². The van der Waals surface area contributed by atoms with Crippen molar-refractivity contribution in [1.82, 2.24) is 5.32 Å². The van der Waals surface area contributed by atoms with Gasteiger partial charge in [0.25, 0.3) is 15.9 Å². The average molecular weight is 484 g/mol. The van der Waals surface area contributed by atoms with Gasteiger partial charge in [-0.15, -0.1) is 0 Å². The zero-order valence-corrected chi connectivity index (χ0v) is 20.1. The van der Waals surface area contributed by atoms with Crippen LogP contribution in [0.15, 0.2) is 59.5 Å². The molecule has 0 heterocycles. The summed E-state index contributed by atoms with van der Waals surface area (Å²) in [7, 11) is -3.92. The first kappa shape index (κ1) is 24.9. The van der Waals surface area contributed by atoms with E-state index in [2.05, 4.69) is 15.4 Å². The molecular weight excluding hydrogens is 457 g/mol. The SMILES string of the molecule is Cc1cc(C)c(NC(=O)CNC(=O)c2ccc(NS(=O)(=O)c3ccc(F)c(C)c3)cc2)c(C)c1. The first-order valence-electron chi connectivity index (χ1n) is 10.5. The molecule has 34 heavy (non-hydrogen) atoms. The van der Waals surface area contributed by atoms with E-state index in [1.807, 2.05) is 32.9 Å². The molecule has 0 aliphatic carbocycles. The summed E-state index contributed by atoms with van der Waals surface area (Å²) in [6, 6.07) is 13.2. The van der Waals surface area contributed by atoms with E-state index >= 15 is 0 Å². The van der Waals surface area contributed by atoms with Crippen LogP contribution in [0.1, 0.15) is 32.6 Å². The molecule has 0 saturated carbocycles. The lowest BCUT2D eigenvalue weighted by molar-refractivity contribution is -0.115. The van der Waals surface area contributed by atoms with Crippen molar-refractivity contribution in [3.8, 4) is 0 Å². The minimum Gasteiger partial charge on any atom is -0.343 e. The van der Waals surface area contributed by atoms with E-state index in [0.29, 0.717) is 0 Å². The lowest BCUT2D eigenvalue weighted by Crippen LogP contribution is -2.33. The van der Waals surface area contributed by atoms with Crippen molar-refractivity contribution in [2.45, 2.75) is 32.6 Å². The summed E-state index contributed by atoms with van der Waals surface area (Å²) in [5, 5.41) is 5.37. The van der Waals surface area contributed by atoms with Crippen LogP contribution in [-0.4, -0.2) is 26.8 Å². The van der Waals surface area contributed by atoms with Crippen LogP contribution in [0.5, 0.6) is 0 Å². The smallest absolute Gasteiger partial charge is 0.261 e. The average Bonchev–Trinajstić information content (AvgIpc) is 2.76. The standard InChI is InChI=1S/C25H26FN3O4S/c1-15-11-17(3)24(18(4)12-15)28-23(30)14-27-25(31)19-5-7-20(8-6-19)29-34(32,33)21-9-10-22(26)16(2)13-21/h5-13,29H,14H2,1-4H3,(H,27,31)(H,28,30). The Morgan fingerprint density at radius 1 is 0.853 bits per heavy atom. The maximum atomic E-state index is 13.4. The van der Waals surface area contributed by atoms with Crippen LogP contribution in [0.3, 0.4) is 0 Å². The molecule has 178 valence electrons. The second-order valence-electron chi connectivity index (χ2n) is 8.10. The number of sulfonamides is 1. The van der Waals surface area contributed by atoms with E-state index in [-0.39, 0.29) is 34.2 Å². The lowest BCUT2D eigenvalue weighted by Gasteiger charge is -2.13. The third-order valence-corrected chi connectivity index (χ3v) is 6.57. The second-order valence-corrected chi connectivity index (χ2v) is 9.78. The molecule has 3 N–H and O–H groups in total. The highest BCUT2D eigenvalue weighted by Crippen LogP contribution is 2.22. The number of hydrogen-bond donors (Lipinski definition) is 3. The highest BCUT2D eigenvalue weighted by atomic mass is 32.2. The van der Waals surface area contributed by atoms with Crippen molar-refractivity contribution in [1.29, 1.82) is 0 Å². The van der Waals surface area contributed by atoms with Gasteiger partial charge in [-0.05, 0) is 86.8 Å². The number of amides is 2. The van der Waals surface area contributed by atoms with Crippen LogP contribution >= 0.6 is 0 Å². The number of hydrogen-bond acceptors (Lipinski definition) is 4. The van der Waals surface area contributed by atoms with E-state index in [4.69, 9.17) is 0 Å². The summed E-state index contributed by atoms with van der Waals surface area (Å²) in [4.78, 5) is 24.6. The van der Waals surface area contributed by atoms with Gasteiger partial charge in [0, 0.05) is 16.9 Å². The summed E-state index contributed by atoms with van der Waals surface area (Å²) >= 11 is 0. The third-order valence-electron chi connectivity index (χ3n) is 5.19. The number of nitrogens with one attached hydrogen (secondary N) is 3. The Morgan fingerprint density at radius 2 is 1.47 bits per heavy atom. The van der Waals surface area contributed by atoms with Gasteiger partial charge in [0.05, 0.1) is 11.4 Å². The molecule has 0 aliphatic rings. The van der Waals surface area contributed by atoms with Crippen molar-refractivity contribution in [3.63, 3.8) is 0 Å². The highest BCUT2D eigenvalue weighted by molar-refractivity contribution is 7.92. The summed E-state index contributed by atoms with van der Waals surface area (Å²) in [6.45, 7) is 7.04. The Labute approximate surface area is 198 Å². The van der Waals surface area contributed by atoms with Gasteiger partial charge in [0.15, 0.2) is 0 Å². The molecule has 0 spiro atoms. The molecule has 0 aromatic heterocycles. The number of anilines is 2. The van der Waals surface area contributed by atoms with Crippen molar-refractivity contribution in [2.24, 2.45) is 0 Å². The summed E-state index contributed by atoms with van der Waals surface area (Å²) in [5.74, 6) is -1.33. The number of aryl methyl sites for hydroxylation is 4. The third kappa shape index (κ3) is 5.99. The fourth-order valence-corrected chi connectivity index (χ4v) is 4.65. The Hall–Kier alpha value is -3.72. The van der Waals surface area contributed by atoms with Gasteiger partial charge in [0.1, 0.15) is 5.82 Å². The summed E-state index contributed by atoms with van der Waals surface area (Å²) < 4.78 is 40.9. The van der Waals surface area contributed by atoms with Gasteiger partial charge >= 0.3 is 0 Å². The predicted molar refractivity (Wildman–Crippen MR) is 130 cm³/mol. The molecule has 0 saturated heterocycles. The van der Waals surface area contributed by atoms with Gasteiger partial charge in [0.2, 0.25) is 5.91 Å². The molecule has 0 aliphatic heterocycles. The van der Waals surface area contributed by atoms with Gasteiger partial charge < -0.3 is 10.6 Å². The zero-order valence-electron chi connectivity index (χ0n) is 19.3. The molecule has 9 heteroatoms. The van der Waals surface area contributed by atoms with Crippen LogP contribution in [-0.2, 0) is 14.8 Å². The molecule has 0 atom stereocenters. The highest BCUT2D eigenvalue weighted by Gasteiger charge is 2.16. The van der Waals surface area contributed by atoms with Crippen molar-refractivity contribution in [3.05, 3.63) is 88.2 Å². The Balaban J connectivity index is 1.59. The van der Waals surface area contributed by atoms with Gasteiger partial charge in [-0.2, -0.15) is 0 Å². The topological polar surface area (TPSA) is 104 Å². The number of halogens is 1. The molecule has 0 unspecified atom stereocenters. The maximum Gasteiger partial charge on any atom is 0.261 e. The molecular formula is C25H26FN3O4S. The van der Waals surface area contributed by atoms with Gasteiger partial charge in [-0.25, -0.2) is 12.8 Å². The summed E-state index contributed by atoms with van der Waals surface area (Å²) in [6.07, 6.45) is 0. The van der Waals surface area contributed by atoms with Crippen molar-refractivity contribution >= 4 is 33.2 Å². The predicted octanol–water partition coefficient (Wildman–Crippen LogP) is 4.23. The van der Waals surface area contributed by atoms with Crippen LogP contribution < -0.4 is 15.4 Å². The minimum absolute atomic E-state index is 0.0710. The molecule has 3 aromatic carbocycles. The van der Waals surface area contributed by atoms with Gasteiger partial charge in [-0.1, -0.05) is 17.7 Å². The monoisotopic (exact) mass is 483 g/mol. The molecule has 0 bridgehead atoms. The largest absolute Gasteiger partial charge is 0.343 e. The van der Waals surface area contributed by atoms with Crippen LogP contribution in [0.2, 0.25) is 0 Å². The molecule has 3 rings (SSSR count). The zero-order chi connectivity index (χ0) is 25.0. The Kier molecular flexibility index (Phi) is 7.36. The maximum absolute atomic E-state index is 13.4. The molecule has 3 aromatic rings. The number of carbonyl (C=O) groups excluding carboxylic acids is 2. The first-order chi connectivity index (χ1) is 16.0. The number of benzene rings is 3. The van der Waals surface area contributed by atoms with Gasteiger partial charge in [-0.3, -0.25) is 14.3 Å². The molecule has 7 nitrogen and oxygen atoms in total. The fraction of sp³-hybridized carbons (Fsp3) is 0.200. The molecule has 0 fully saturated rings. The Morgan fingerprint density at radius 3 is 2.06 bits per heavy atom. The second kappa shape index (κ2) is 10.0. The number of rotatable bonds is 7. The van der Waals surface area contributed by atoms with E-state index in [1.165, 1.54) is 43.3 Å². The van der Waals surface area contributed by atoms with E-state index in [9.17, 15) is 22.4 Å². The van der Waals surface area contributed by atoms with Crippen LogP contribution in [0.4, 0.5) is 15.8 Å². The van der Waals surface area contributed by atoms with E-state index in [0.717, 1.165) is 28.4 Å². The number of carbonyl (C=O) groups is 2. The quantitative estimate of drug-likeness (QED) is 0.468.